The minimum Gasteiger partial charge on any atom is -0.481 e. The van der Waals surface area contributed by atoms with Gasteiger partial charge in [0.15, 0.2) is 0 Å². The number of carboxylic acid groups (broad SMARTS) is 2. The predicted octanol–water partition coefficient (Wildman–Crippen LogP) is 3.89. The second-order valence-corrected chi connectivity index (χ2v) is 7.98. The highest BCUT2D eigenvalue weighted by molar-refractivity contribution is 6.02. The fraction of sp³-hybridized carbons (Fsp3) is 0.375. The van der Waals surface area contributed by atoms with E-state index in [9.17, 15) is 24.6 Å². The quantitative estimate of drug-likeness (QED) is 0.574. The molecule has 0 heterocycles. The van der Waals surface area contributed by atoms with Crippen molar-refractivity contribution in [2.24, 2.45) is 5.41 Å². The van der Waals surface area contributed by atoms with Crippen molar-refractivity contribution in [1.82, 2.24) is 5.32 Å². The lowest BCUT2D eigenvalue weighted by Crippen LogP contribution is -2.51. The van der Waals surface area contributed by atoms with Crippen LogP contribution >= 0.6 is 0 Å². The topological polar surface area (TPSA) is 104 Å². The lowest BCUT2D eigenvalue weighted by Gasteiger charge is -2.33. The summed E-state index contributed by atoms with van der Waals surface area (Å²) in [6.07, 6.45) is 2.92. The Morgan fingerprint density at radius 1 is 0.867 bits per heavy atom. The average molecular weight is 409 g/mol. The number of carbonyl (C=O) groups is 3. The van der Waals surface area contributed by atoms with Crippen molar-refractivity contribution >= 4 is 17.8 Å². The first-order valence-corrected chi connectivity index (χ1v) is 10.3. The summed E-state index contributed by atoms with van der Waals surface area (Å²) < 4.78 is 0. The van der Waals surface area contributed by atoms with Gasteiger partial charge in [-0.3, -0.25) is 14.4 Å². The number of benzene rings is 2. The monoisotopic (exact) mass is 409 g/mol. The van der Waals surface area contributed by atoms with E-state index in [1.54, 1.807) is 0 Å². The zero-order chi connectivity index (χ0) is 21.6. The van der Waals surface area contributed by atoms with Crippen LogP contribution in [-0.2, 0) is 20.8 Å². The molecule has 6 heteroatoms. The Labute approximate surface area is 175 Å². The number of carbonyl (C=O) groups excluding carboxylic acids is 1. The normalized spacial score (nSPS) is 16.4. The van der Waals surface area contributed by atoms with Gasteiger partial charge >= 0.3 is 11.9 Å². The van der Waals surface area contributed by atoms with E-state index in [1.807, 2.05) is 54.6 Å². The molecule has 1 aliphatic carbocycles. The molecule has 0 radical (unpaired) electrons. The molecule has 0 aromatic heterocycles. The summed E-state index contributed by atoms with van der Waals surface area (Å²) in [7, 11) is 0. The van der Waals surface area contributed by atoms with E-state index in [0.717, 1.165) is 23.1 Å². The van der Waals surface area contributed by atoms with Crippen molar-refractivity contribution in [1.29, 1.82) is 0 Å². The highest BCUT2D eigenvalue weighted by atomic mass is 16.4. The summed E-state index contributed by atoms with van der Waals surface area (Å²) in [4.78, 5) is 36.1. The molecule has 0 unspecified atom stereocenters. The SMILES string of the molecule is O=C(O)C[C@@H](Cc1ccc(-c2ccccc2)cc1)NC(=O)C1(C(=O)O)CCCCC1. The van der Waals surface area contributed by atoms with E-state index in [1.165, 1.54) is 0 Å². The minimum atomic E-state index is -1.45. The second kappa shape index (κ2) is 9.57. The highest BCUT2D eigenvalue weighted by Gasteiger charge is 2.47. The van der Waals surface area contributed by atoms with E-state index in [2.05, 4.69) is 5.32 Å². The fourth-order valence-electron chi connectivity index (χ4n) is 4.15. The fourth-order valence-corrected chi connectivity index (χ4v) is 4.15. The Bertz CT molecular complexity index is 886. The molecule has 1 amide bonds. The third kappa shape index (κ3) is 5.06. The molecule has 1 fully saturated rings. The number of nitrogens with one attached hydrogen (secondary N) is 1. The van der Waals surface area contributed by atoms with Crippen LogP contribution < -0.4 is 5.32 Å². The Balaban J connectivity index is 1.73. The van der Waals surface area contributed by atoms with Crippen LogP contribution in [0.3, 0.4) is 0 Å². The molecule has 3 N–H and O–H groups in total. The Morgan fingerprint density at radius 3 is 2.03 bits per heavy atom. The average Bonchev–Trinajstić information content (AvgIpc) is 2.74. The number of carboxylic acids is 2. The van der Waals surface area contributed by atoms with Gasteiger partial charge in [0.1, 0.15) is 5.41 Å². The molecule has 6 nitrogen and oxygen atoms in total. The Morgan fingerprint density at radius 2 is 1.47 bits per heavy atom. The lowest BCUT2D eigenvalue weighted by atomic mass is 9.73. The van der Waals surface area contributed by atoms with Crippen molar-refractivity contribution in [2.75, 3.05) is 0 Å². The maximum atomic E-state index is 12.9. The van der Waals surface area contributed by atoms with Crippen molar-refractivity contribution in [3.05, 3.63) is 60.2 Å². The summed E-state index contributed by atoms with van der Waals surface area (Å²) in [5.41, 5.74) is 1.56. The number of amides is 1. The van der Waals surface area contributed by atoms with Crippen LogP contribution in [0.15, 0.2) is 54.6 Å². The molecular weight excluding hydrogens is 382 g/mol. The van der Waals surface area contributed by atoms with Gasteiger partial charge < -0.3 is 15.5 Å². The maximum Gasteiger partial charge on any atom is 0.319 e. The first-order chi connectivity index (χ1) is 14.4. The van der Waals surface area contributed by atoms with Crippen molar-refractivity contribution in [3.8, 4) is 11.1 Å². The first kappa shape index (κ1) is 21.6. The van der Waals surface area contributed by atoms with E-state index in [-0.39, 0.29) is 6.42 Å². The van der Waals surface area contributed by atoms with Crippen molar-refractivity contribution in [2.45, 2.75) is 51.0 Å². The number of hydrogen-bond donors (Lipinski definition) is 3. The number of aliphatic carboxylic acids is 2. The van der Waals surface area contributed by atoms with E-state index in [4.69, 9.17) is 0 Å². The van der Waals surface area contributed by atoms with Gasteiger partial charge in [0, 0.05) is 6.04 Å². The van der Waals surface area contributed by atoms with E-state index < -0.39 is 29.3 Å². The van der Waals surface area contributed by atoms with Crippen LogP contribution in [-0.4, -0.2) is 34.1 Å². The summed E-state index contributed by atoms with van der Waals surface area (Å²) >= 11 is 0. The molecular formula is C24H27NO5. The smallest absolute Gasteiger partial charge is 0.319 e. The minimum absolute atomic E-state index is 0.262. The molecule has 0 aliphatic heterocycles. The molecule has 158 valence electrons. The highest BCUT2D eigenvalue weighted by Crippen LogP contribution is 2.37. The summed E-state index contributed by atoms with van der Waals surface area (Å²) in [6, 6.07) is 17.0. The van der Waals surface area contributed by atoms with Gasteiger partial charge in [0.2, 0.25) is 5.91 Å². The third-order valence-corrected chi connectivity index (χ3v) is 5.85. The Kier molecular flexibility index (Phi) is 6.87. The largest absolute Gasteiger partial charge is 0.481 e. The zero-order valence-electron chi connectivity index (χ0n) is 16.8. The van der Waals surface area contributed by atoms with Crippen LogP contribution in [0.2, 0.25) is 0 Å². The standard InChI is InChI=1S/C24H27NO5/c26-21(27)16-20(25-22(28)24(23(29)30)13-5-2-6-14-24)15-17-9-11-19(12-10-17)18-7-3-1-4-8-18/h1,3-4,7-12,20H,2,5-6,13-16H2,(H,25,28)(H,26,27)(H,29,30)/t20-/m1/s1. The lowest BCUT2D eigenvalue weighted by molar-refractivity contribution is -0.158. The molecule has 0 spiro atoms. The van der Waals surface area contributed by atoms with Gasteiger partial charge in [0.05, 0.1) is 6.42 Å². The maximum absolute atomic E-state index is 12.9. The third-order valence-electron chi connectivity index (χ3n) is 5.85. The van der Waals surface area contributed by atoms with Crippen molar-refractivity contribution < 1.29 is 24.6 Å². The van der Waals surface area contributed by atoms with Gasteiger partial charge in [-0.2, -0.15) is 0 Å². The molecule has 30 heavy (non-hydrogen) atoms. The Hall–Kier alpha value is -3.15. The van der Waals surface area contributed by atoms with Crippen LogP contribution in [0.25, 0.3) is 11.1 Å². The van der Waals surface area contributed by atoms with Crippen LogP contribution in [0.1, 0.15) is 44.1 Å². The molecule has 1 aliphatic rings. The van der Waals surface area contributed by atoms with Crippen molar-refractivity contribution in [3.63, 3.8) is 0 Å². The van der Waals surface area contributed by atoms with Crippen LogP contribution in [0.5, 0.6) is 0 Å². The zero-order valence-corrected chi connectivity index (χ0v) is 16.8. The molecule has 3 rings (SSSR count). The first-order valence-electron chi connectivity index (χ1n) is 10.3. The predicted molar refractivity (Wildman–Crippen MR) is 113 cm³/mol. The summed E-state index contributed by atoms with van der Waals surface area (Å²) in [5, 5.41) is 21.7. The van der Waals surface area contributed by atoms with E-state index >= 15 is 0 Å². The number of hydrogen-bond acceptors (Lipinski definition) is 3. The van der Waals surface area contributed by atoms with Gasteiger partial charge in [-0.15, -0.1) is 0 Å². The van der Waals surface area contributed by atoms with Crippen LogP contribution in [0.4, 0.5) is 0 Å². The summed E-state index contributed by atoms with van der Waals surface area (Å²) in [6.45, 7) is 0. The molecule has 0 saturated heterocycles. The molecule has 2 aromatic rings. The molecule has 0 bridgehead atoms. The van der Waals surface area contributed by atoms with Gasteiger partial charge in [-0.25, -0.2) is 0 Å². The molecule has 1 saturated carbocycles. The second-order valence-electron chi connectivity index (χ2n) is 7.98. The van der Waals surface area contributed by atoms with Crippen LogP contribution in [0, 0.1) is 5.41 Å². The van der Waals surface area contributed by atoms with Gasteiger partial charge in [0.25, 0.3) is 0 Å². The van der Waals surface area contributed by atoms with Gasteiger partial charge in [-0.1, -0.05) is 73.9 Å². The van der Waals surface area contributed by atoms with Gasteiger partial charge in [-0.05, 0) is 36.0 Å². The summed E-state index contributed by atoms with van der Waals surface area (Å²) in [5.74, 6) is -2.72. The molecule has 1 atom stereocenters. The van der Waals surface area contributed by atoms with E-state index in [0.29, 0.717) is 32.1 Å². The number of rotatable bonds is 8. The molecule has 2 aromatic carbocycles.